The number of para-hydroxylation sites is 1. The van der Waals surface area contributed by atoms with Crippen LogP contribution < -0.4 is 0 Å². The molecular formula is C24H25N3O5S. The van der Waals surface area contributed by atoms with E-state index in [1.54, 1.807) is 0 Å². The second-order valence-electron chi connectivity index (χ2n) is 8.47. The van der Waals surface area contributed by atoms with Gasteiger partial charge in [-0.2, -0.15) is 5.26 Å². The van der Waals surface area contributed by atoms with Crippen LogP contribution in [0.1, 0.15) is 29.7 Å². The van der Waals surface area contributed by atoms with Crippen LogP contribution in [0.5, 0.6) is 0 Å². The summed E-state index contributed by atoms with van der Waals surface area (Å²) in [5, 5.41) is 52.0. The van der Waals surface area contributed by atoms with E-state index in [9.17, 15) is 25.7 Å². The number of hydrogen-bond acceptors (Lipinski definition) is 8. The number of aryl methyl sites for hydroxylation is 1. The average molecular weight is 468 g/mol. The van der Waals surface area contributed by atoms with Gasteiger partial charge in [-0.3, -0.25) is 0 Å². The molecule has 0 unspecified atom stereocenters. The molecule has 0 amide bonds. The summed E-state index contributed by atoms with van der Waals surface area (Å²) in [6.45, 7) is -0.509. The third kappa shape index (κ3) is 3.83. The first kappa shape index (κ1) is 22.3. The van der Waals surface area contributed by atoms with Crippen LogP contribution in [0.15, 0.2) is 35.5 Å². The molecule has 3 aromatic rings. The average Bonchev–Trinajstić information content (AvgIpc) is 3.27. The van der Waals surface area contributed by atoms with E-state index in [1.807, 2.05) is 30.5 Å². The summed E-state index contributed by atoms with van der Waals surface area (Å²) in [4.78, 5) is 8.08. The first-order chi connectivity index (χ1) is 16.0. The van der Waals surface area contributed by atoms with Crippen molar-refractivity contribution >= 4 is 22.7 Å². The van der Waals surface area contributed by atoms with Crippen LogP contribution in [-0.2, 0) is 17.6 Å². The number of ether oxygens (including phenoxy) is 1. The highest BCUT2D eigenvalue weighted by Crippen LogP contribution is 2.42. The number of rotatable bonds is 4. The predicted octanol–water partition coefficient (Wildman–Crippen LogP) is 1.87. The molecule has 5 atom stereocenters. The number of H-pyrrole nitrogens is 1. The third-order valence-electron chi connectivity index (χ3n) is 6.49. The SMILES string of the molecule is N#Cc1c(S[C@@H]2O[C@H](CO)[C@@H](O)[C@H](O)[C@H]2O)nc2c(c1-c1c[nH]c3ccccc13)CCCC2. The van der Waals surface area contributed by atoms with Crippen LogP contribution in [0.3, 0.4) is 0 Å². The molecule has 1 fully saturated rings. The number of benzene rings is 1. The lowest BCUT2D eigenvalue weighted by Gasteiger charge is -2.39. The van der Waals surface area contributed by atoms with Crippen molar-refractivity contribution in [3.8, 4) is 17.2 Å². The summed E-state index contributed by atoms with van der Waals surface area (Å²) in [6, 6.07) is 10.2. The zero-order valence-electron chi connectivity index (χ0n) is 17.8. The topological polar surface area (TPSA) is 143 Å². The molecule has 1 aromatic carbocycles. The minimum absolute atomic E-state index is 0.391. The van der Waals surface area contributed by atoms with E-state index in [-0.39, 0.29) is 0 Å². The largest absolute Gasteiger partial charge is 0.394 e. The molecular weight excluding hydrogens is 442 g/mol. The van der Waals surface area contributed by atoms with Gasteiger partial charge in [0, 0.05) is 33.9 Å². The molecule has 0 saturated carbocycles. The lowest BCUT2D eigenvalue weighted by atomic mass is 9.87. The Balaban J connectivity index is 1.64. The van der Waals surface area contributed by atoms with Crippen molar-refractivity contribution < 1.29 is 25.2 Å². The van der Waals surface area contributed by atoms with Crippen molar-refractivity contribution in [2.24, 2.45) is 0 Å². The number of aromatic nitrogens is 2. The molecule has 33 heavy (non-hydrogen) atoms. The maximum Gasteiger partial charge on any atom is 0.138 e. The maximum atomic E-state index is 10.5. The molecule has 1 aliphatic heterocycles. The Bertz CT molecular complexity index is 1220. The molecule has 5 N–H and O–H groups in total. The highest BCUT2D eigenvalue weighted by atomic mass is 32.2. The van der Waals surface area contributed by atoms with E-state index in [4.69, 9.17) is 9.72 Å². The first-order valence-electron chi connectivity index (χ1n) is 11.0. The number of nitrogens with one attached hydrogen (secondary N) is 1. The molecule has 1 saturated heterocycles. The lowest BCUT2D eigenvalue weighted by Crippen LogP contribution is -2.57. The van der Waals surface area contributed by atoms with E-state index in [1.165, 1.54) is 0 Å². The standard InChI is InChI=1S/C24H25N3O5S/c25-9-14-19(15-10-26-16-7-3-1-5-12(15)16)13-6-2-4-8-17(13)27-23(14)33-24-22(31)21(30)20(29)18(11-28)32-24/h1,3,5,7,10,18,20-22,24,26,28-31H,2,4,6,8,11H2/t18-,20-,21+,22-,24+/m1/s1. The van der Waals surface area contributed by atoms with Gasteiger partial charge in [0.1, 0.15) is 40.9 Å². The Morgan fingerprint density at radius 1 is 1.12 bits per heavy atom. The van der Waals surface area contributed by atoms with E-state index < -0.39 is 36.5 Å². The molecule has 2 aromatic heterocycles. The van der Waals surface area contributed by atoms with Gasteiger partial charge >= 0.3 is 0 Å². The summed E-state index contributed by atoms with van der Waals surface area (Å²) in [5.74, 6) is 0. The summed E-state index contributed by atoms with van der Waals surface area (Å²) < 4.78 is 5.68. The maximum absolute atomic E-state index is 10.5. The Morgan fingerprint density at radius 2 is 1.91 bits per heavy atom. The molecule has 0 radical (unpaired) electrons. The number of aromatic amines is 1. The summed E-state index contributed by atoms with van der Waals surface area (Å²) in [5.41, 5.74) is 4.12. The van der Waals surface area contributed by atoms with Gasteiger partial charge < -0.3 is 30.1 Å². The fourth-order valence-corrected chi connectivity index (χ4v) is 5.90. The first-order valence-corrected chi connectivity index (χ1v) is 11.9. The molecule has 9 heteroatoms. The monoisotopic (exact) mass is 467 g/mol. The second kappa shape index (κ2) is 9.06. The zero-order chi connectivity index (χ0) is 23.1. The molecule has 172 valence electrons. The minimum atomic E-state index is -1.48. The lowest BCUT2D eigenvalue weighted by molar-refractivity contribution is -0.205. The van der Waals surface area contributed by atoms with Crippen LogP contribution >= 0.6 is 11.8 Å². The number of aliphatic hydroxyl groups excluding tert-OH is 4. The van der Waals surface area contributed by atoms with Gasteiger partial charge in [0.25, 0.3) is 0 Å². The van der Waals surface area contributed by atoms with Crippen LogP contribution in [-0.4, -0.2) is 66.9 Å². The normalized spacial score (nSPS) is 27.3. The van der Waals surface area contributed by atoms with E-state index in [0.29, 0.717) is 10.6 Å². The van der Waals surface area contributed by atoms with Crippen molar-refractivity contribution in [1.82, 2.24) is 9.97 Å². The van der Waals surface area contributed by atoms with Crippen LogP contribution in [0.2, 0.25) is 0 Å². The van der Waals surface area contributed by atoms with Crippen LogP contribution in [0, 0.1) is 11.3 Å². The summed E-state index contributed by atoms with van der Waals surface area (Å²) >= 11 is 1.04. The predicted molar refractivity (Wildman–Crippen MR) is 123 cm³/mol. The Hall–Kier alpha value is -2.45. The highest BCUT2D eigenvalue weighted by Gasteiger charge is 2.44. The van der Waals surface area contributed by atoms with Crippen molar-refractivity contribution in [3.05, 3.63) is 47.3 Å². The molecule has 0 bridgehead atoms. The number of hydrogen-bond donors (Lipinski definition) is 5. The molecule has 5 rings (SSSR count). The molecule has 1 aliphatic carbocycles. The molecule has 2 aliphatic rings. The van der Waals surface area contributed by atoms with Crippen LogP contribution in [0.25, 0.3) is 22.0 Å². The summed E-state index contributed by atoms with van der Waals surface area (Å²) in [7, 11) is 0. The molecule has 8 nitrogen and oxygen atoms in total. The number of nitrogens with zero attached hydrogens (tertiary/aromatic N) is 2. The van der Waals surface area contributed by atoms with Gasteiger partial charge in [0.05, 0.1) is 12.2 Å². The summed E-state index contributed by atoms with van der Waals surface area (Å²) in [6.07, 6.45) is 0.219. The van der Waals surface area contributed by atoms with Crippen LogP contribution in [0.4, 0.5) is 0 Å². The minimum Gasteiger partial charge on any atom is -0.394 e. The Kier molecular flexibility index (Phi) is 6.14. The van der Waals surface area contributed by atoms with Gasteiger partial charge in [-0.25, -0.2) is 4.98 Å². The fraction of sp³-hybridized carbons (Fsp3) is 0.417. The third-order valence-corrected chi connectivity index (χ3v) is 7.63. The molecule has 3 heterocycles. The number of thioether (sulfide) groups is 1. The molecule has 0 spiro atoms. The Morgan fingerprint density at radius 3 is 2.70 bits per heavy atom. The highest BCUT2D eigenvalue weighted by molar-refractivity contribution is 7.99. The van der Waals surface area contributed by atoms with E-state index >= 15 is 0 Å². The number of nitriles is 1. The smallest absolute Gasteiger partial charge is 0.138 e. The van der Waals surface area contributed by atoms with Crippen molar-refractivity contribution in [2.45, 2.75) is 60.6 Å². The Labute approximate surface area is 194 Å². The second-order valence-corrected chi connectivity index (χ2v) is 9.56. The van der Waals surface area contributed by atoms with E-state index in [0.717, 1.165) is 70.7 Å². The number of aliphatic hydroxyl groups is 4. The van der Waals surface area contributed by atoms with Gasteiger partial charge in [0.2, 0.25) is 0 Å². The van der Waals surface area contributed by atoms with Crippen molar-refractivity contribution in [2.75, 3.05) is 6.61 Å². The fourth-order valence-electron chi connectivity index (χ4n) is 4.76. The van der Waals surface area contributed by atoms with Gasteiger partial charge in [-0.15, -0.1) is 0 Å². The van der Waals surface area contributed by atoms with Gasteiger partial charge in [-0.1, -0.05) is 30.0 Å². The van der Waals surface area contributed by atoms with E-state index in [2.05, 4.69) is 11.1 Å². The quantitative estimate of drug-likeness (QED) is 0.391. The number of fused-ring (bicyclic) bond motifs is 2. The van der Waals surface area contributed by atoms with Gasteiger partial charge in [0.15, 0.2) is 0 Å². The van der Waals surface area contributed by atoms with Crippen molar-refractivity contribution in [1.29, 1.82) is 5.26 Å². The zero-order valence-corrected chi connectivity index (χ0v) is 18.6. The number of pyridine rings is 1. The van der Waals surface area contributed by atoms with Gasteiger partial charge in [-0.05, 0) is 37.3 Å². The van der Waals surface area contributed by atoms with Crippen molar-refractivity contribution in [3.63, 3.8) is 0 Å².